The molecule has 1 aliphatic rings. The second kappa shape index (κ2) is 10.3. The molecule has 1 aliphatic carbocycles. The first-order valence-electron chi connectivity index (χ1n) is 11.7. The Morgan fingerprint density at radius 3 is 2.29 bits per heavy atom. The number of aromatic nitrogens is 3. The first-order valence-corrected chi connectivity index (χ1v) is 12.7. The van der Waals surface area contributed by atoms with E-state index in [0.717, 1.165) is 16.8 Å². The van der Waals surface area contributed by atoms with Crippen LogP contribution < -0.4 is 0 Å². The fraction of sp³-hybridized carbons (Fsp3) is 0.250. The van der Waals surface area contributed by atoms with Crippen LogP contribution in [-0.2, 0) is 0 Å². The Labute approximate surface area is 203 Å². The quantitative estimate of drug-likeness (QED) is 0.213. The van der Waals surface area contributed by atoms with Gasteiger partial charge in [-0.3, -0.25) is 9.36 Å². The average Bonchev–Trinajstić information content (AvgIpc) is 3.33. The van der Waals surface area contributed by atoms with Crippen molar-refractivity contribution in [3.8, 4) is 17.1 Å². The van der Waals surface area contributed by atoms with E-state index in [1.165, 1.54) is 61.6 Å². The highest BCUT2D eigenvalue weighted by Gasteiger charge is 2.19. The predicted molar refractivity (Wildman–Crippen MR) is 134 cm³/mol. The van der Waals surface area contributed by atoms with Crippen molar-refractivity contribution in [3.63, 3.8) is 0 Å². The molecule has 34 heavy (non-hydrogen) atoms. The third-order valence-electron chi connectivity index (χ3n) is 6.39. The maximum absolute atomic E-state index is 13.4. The molecule has 0 radical (unpaired) electrons. The van der Waals surface area contributed by atoms with Crippen molar-refractivity contribution >= 4 is 17.5 Å². The molecule has 1 heterocycles. The van der Waals surface area contributed by atoms with E-state index in [1.54, 1.807) is 12.1 Å². The van der Waals surface area contributed by atoms with Crippen LogP contribution in [0.2, 0.25) is 0 Å². The highest BCUT2D eigenvalue weighted by atomic mass is 32.2. The van der Waals surface area contributed by atoms with Crippen LogP contribution in [0.5, 0.6) is 0 Å². The molecular formula is C28H26FN3OS. The van der Waals surface area contributed by atoms with E-state index in [0.29, 0.717) is 16.9 Å². The number of rotatable bonds is 7. The minimum Gasteiger partial charge on any atom is -0.293 e. The second-order valence-electron chi connectivity index (χ2n) is 8.65. The molecule has 1 fully saturated rings. The second-order valence-corrected chi connectivity index (χ2v) is 9.60. The topological polar surface area (TPSA) is 47.8 Å². The van der Waals surface area contributed by atoms with Gasteiger partial charge in [0.25, 0.3) is 0 Å². The number of carbonyl (C=O) groups is 1. The Balaban J connectivity index is 1.35. The summed E-state index contributed by atoms with van der Waals surface area (Å²) >= 11 is 1.36. The van der Waals surface area contributed by atoms with E-state index in [-0.39, 0.29) is 17.4 Å². The predicted octanol–water partition coefficient (Wildman–Crippen LogP) is 7.10. The van der Waals surface area contributed by atoms with Crippen molar-refractivity contribution in [1.29, 1.82) is 0 Å². The third-order valence-corrected chi connectivity index (χ3v) is 7.32. The summed E-state index contributed by atoms with van der Waals surface area (Å²) in [5, 5.41) is 9.35. The van der Waals surface area contributed by atoms with E-state index in [2.05, 4.69) is 22.3 Å². The summed E-state index contributed by atoms with van der Waals surface area (Å²) in [6.07, 6.45) is 6.41. The van der Waals surface area contributed by atoms with Crippen LogP contribution in [0.4, 0.5) is 4.39 Å². The van der Waals surface area contributed by atoms with Crippen LogP contribution in [0.3, 0.4) is 0 Å². The summed E-state index contributed by atoms with van der Waals surface area (Å²) in [6, 6.07) is 24.1. The summed E-state index contributed by atoms with van der Waals surface area (Å²) in [6.45, 7) is 0. The lowest BCUT2D eigenvalue weighted by Gasteiger charge is -2.22. The van der Waals surface area contributed by atoms with Gasteiger partial charge in [-0.2, -0.15) is 0 Å². The van der Waals surface area contributed by atoms with Gasteiger partial charge < -0.3 is 0 Å². The van der Waals surface area contributed by atoms with Crippen LogP contribution in [0, 0.1) is 5.82 Å². The van der Waals surface area contributed by atoms with Crippen molar-refractivity contribution in [2.75, 3.05) is 5.75 Å². The summed E-state index contributed by atoms with van der Waals surface area (Å²) < 4.78 is 15.4. The number of hydrogen-bond donors (Lipinski definition) is 0. The number of para-hydroxylation sites is 1. The molecule has 5 rings (SSSR count). The first kappa shape index (κ1) is 22.5. The van der Waals surface area contributed by atoms with Gasteiger partial charge in [-0.1, -0.05) is 73.5 Å². The van der Waals surface area contributed by atoms with Crippen LogP contribution in [0.25, 0.3) is 17.1 Å². The van der Waals surface area contributed by atoms with Gasteiger partial charge in [0.15, 0.2) is 16.8 Å². The van der Waals surface area contributed by atoms with Crippen molar-refractivity contribution in [2.24, 2.45) is 0 Å². The average molecular weight is 472 g/mol. The number of hydrogen-bond acceptors (Lipinski definition) is 4. The highest BCUT2D eigenvalue weighted by molar-refractivity contribution is 7.99. The Morgan fingerprint density at radius 1 is 0.882 bits per heavy atom. The van der Waals surface area contributed by atoms with Gasteiger partial charge in [0.05, 0.1) is 5.75 Å². The zero-order valence-electron chi connectivity index (χ0n) is 18.9. The Bertz CT molecular complexity index is 1250. The van der Waals surface area contributed by atoms with E-state index in [4.69, 9.17) is 0 Å². The molecule has 172 valence electrons. The number of Topliss-reactive ketones (excluding diaryl/α,β-unsaturated/α-hetero) is 1. The highest BCUT2D eigenvalue weighted by Crippen LogP contribution is 2.33. The summed E-state index contributed by atoms with van der Waals surface area (Å²) in [5.41, 5.74) is 3.71. The first-order chi connectivity index (χ1) is 16.7. The monoisotopic (exact) mass is 471 g/mol. The summed E-state index contributed by atoms with van der Waals surface area (Å²) in [5.74, 6) is 1.26. The standard InChI is InChI=1S/C28H26FN3OS/c29-24-17-15-23(16-18-24)27-30-31-28(32(27)25-9-5-2-6-10-25)34-19-26(33)22-13-11-21(12-14-22)20-7-3-1-4-8-20/h2,5-6,9-18,20H,1,3-4,7-8,19H2. The number of halogens is 1. The van der Waals surface area contributed by atoms with Crippen LogP contribution >= 0.6 is 11.8 Å². The van der Waals surface area contributed by atoms with Gasteiger partial charge in [0.1, 0.15) is 5.82 Å². The van der Waals surface area contributed by atoms with Gasteiger partial charge in [-0.15, -0.1) is 10.2 Å². The molecule has 0 amide bonds. The molecule has 3 aromatic carbocycles. The Morgan fingerprint density at radius 2 is 1.59 bits per heavy atom. The Kier molecular flexibility index (Phi) is 6.86. The number of ketones is 1. The molecule has 1 saturated carbocycles. The minimum atomic E-state index is -0.302. The van der Waals surface area contributed by atoms with Crippen molar-refractivity contribution in [3.05, 3.63) is 95.8 Å². The number of carbonyl (C=O) groups excluding carboxylic acids is 1. The van der Waals surface area contributed by atoms with Gasteiger partial charge in [-0.05, 0) is 60.7 Å². The van der Waals surface area contributed by atoms with E-state index in [9.17, 15) is 9.18 Å². The van der Waals surface area contributed by atoms with E-state index >= 15 is 0 Å². The summed E-state index contributed by atoms with van der Waals surface area (Å²) in [4.78, 5) is 12.9. The molecule has 0 unspecified atom stereocenters. The lowest BCUT2D eigenvalue weighted by molar-refractivity contribution is 0.102. The van der Waals surface area contributed by atoms with Crippen molar-refractivity contribution < 1.29 is 9.18 Å². The van der Waals surface area contributed by atoms with Crippen LogP contribution in [0.15, 0.2) is 84.0 Å². The number of thioether (sulfide) groups is 1. The maximum atomic E-state index is 13.4. The molecule has 0 aliphatic heterocycles. The normalized spacial score (nSPS) is 14.3. The molecule has 6 heteroatoms. The maximum Gasteiger partial charge on any atom is 0.196 e. The molecule has 0 atom stereocenters. The minimum absolute atomic E-state index is 0.0612. The largest absolute Gasteiger partial charge is 0.293 e. The SMILES string of the molecule is O=C(CSc1nnc(-c2ccc(F)cc2)n1-c1ccccc1)c1ccc(C2CCCCC2)cc1. The zero-order valence-corrected chi connectivity index (χ0v) is 19.7. The van der Waals surface area contributed by atoms with E-state index < -0.39 is 0 Å². The Hall–Kier alpha value is -3.25. The molecule has 4 nitrogen and oxygen atoms in total. The molecule has 1 aromatic heterocycles. The van der Waals surface area contributed by atoms with E-state index in [1.807, 2.05) is 47.0 Å². The molecular weight excluding hydrogens is 445 g/mol. The lowest BCUT2D eigenvalue weighted by atomic mass is 9.84. The van der Waals surface area contributed by atoms with Gasteiger partial charge in [0, 0.05) is 16.8 Å². The van der Waals surface area contributed by atoms with Crippen molar-refractivity contribution in [1.82, 2.24) is 14.8 Å². The smallest absolute Gasteiger partial charge is 0.196 e. The fourth-order valence-electron chi connectivity index (χ4n) is 4.55. The van der Waals surface area contributed by atoms with Gasteiger partial charge >= 0.3 is 0 Å². The number of nitrogens with zero attached hydrogens (tertiary/aromatic N) is 3. The van der Waals surface area contributed by atoms with Crippen molar-refractivity contribution in [2.45, 2.75) is 43.2 Å². The number of benzene rings is 3. The molecule has 0 bridgehead atoms. The third kappa shape index (κ3) is 4.97. The molecule has 0 spiro atoms. The summed E-state index contributed by atoms with van der Waals surface area (Å²) in [7, 11) is 0. The fourth-order valence-corrected chi connectivity index (χ4v) is 5.40. The molecule has 0 N–H and O–H groups in total. The van der Waals surface area contributed by atoms with Gasteiger partial charge in [-0.25, -0.2) is 4.39 Å². The lowest BCUT2D eigenvalue weighted by Crippen LogP contribution is -2.07. The van der Waals surface area contributed by atoms with Gasteiger partial charge in [0.2, 0.25) is 0 Å². The molecule has 0 saturated heterocycles. The van der Waals surface area contributed by atoms with Crippen LogP contribution in [0.1, 0.15) is 53.9 Å². The zero-order chi connectivity index (χ0) is 23.3. The molecule has 4 aromatic rings. The van der Waals surface area contributed by atoms with Crippen LogP contribution in [-0.4, -0.2) is 26.3 Å².